The molecule has 1 aromatic heterocycles. The van der Waals surface area contributed by atoms with E-state index in [1.165, 1.54) is 11.3 Å². The molecule has 2 heterocycles. The van der Waals surface area contributed by atoms with Crippen LogP contribution in [0.5, 0.6) is 0 Å². The summed E-state index contributed by atoms with van der Waals surface area (Å²) in [6.45, 7) is 0.00271. The predicted molar refractivity (Wildman–Crippen MR) is 75.5 cm³/mol. The first-order valence-electron chi connectivity index (χ1n) is 6.29. The average Bonchev–Trinajstić information content (AvgIpc) is 2.97. The van der Waals surface area contributed by atoms with Crippen LogP contribution < -0.4 is 0 Å². The third-order valence-corrected chi connectivity index (χ3v) is 4.12. The number of nitrogens with zero attached hydrogens (tertiary/aromatic N) is 1. The number of aliphatic hydroxyl groups excluding tert-OH is 1. The summed E-state index contributed by atoms with van der Waals surface area (Å²) in [6, 6.07) is 8.89. The molecular weight excluding hydrogens is 274 g/mol. The van der Waals surface area contributed by atoms with E-state index in [0.29, 0.717) is 5.56 Å². The number of rotatable bonds is 3. The lowest BCUT2D eigenvalue weighted by atomic mass is 9.98. The van der Waals surface area contributed by atoms with Gasteiger partial charge < -0.3 is 5.11 Å². The van der Waals surface area contributed by atoms with Crippen LogP contribution in [0, 0.1) is 0 Å². The van der Waals surface area contributed by atoms with E-state index in [1.54, 1.807) is 24.3 Å². The van der Waals surface area contributed by atoms with Gasteiger partial charge in [0.2, 0.25) is 5.91 Å². The Morgan fingerprint density at radius 1 is 1.25 bits per heavy atom. The van der Waals surface area contributed by atoms with Crippen LogP contribution in [-0.2, 0) is 11.2 Å². The average molecular weight is 287 g/mol. The van der Waals surface area contributed by atoms with Crippen molar-refractivity contribution >= 4 is 23.2 Å². The van der Waals surface area contributed by atoms with Crippen LogP contribution in [0.1, 0.15) is 27.6 Å². The van der Waals surface area contributed by atoms with Gasteiger partial charge in [0.15, 0.2) is 0 Å². The number of carbonyl (C=O) groups is 2. The van der Waals surface area contributed by atoms with Crippen LogP contribution in [-0.4, -0.2) is 28.4 Å². The smallest absolute Gasteiger partial charge is 0.260 e. The van der Waals surface area contributed by atoms with E-state index in [9.17, 15) is 14.7 Å². The molecule has 2 amide bonds. The Labute approximate surface area is 120 Å². The normalized spacial score (nSPS) is 16.1. The van der Waals surface area contributed by atoms with Gasteiger partial charge in [-0.05, 0) is 34.0 Å². The molecule has 1 aliphatic heterocycles. The highest BCUT2D eigenvalue weighted by Crippen LogP contribution is 2.23. The Morgan fingerprint density at radius 3 is 2.80 bits per heavy atom. The molecule has 1 atom stereocenters. The summed E-state index contributed by atoms with van der Waals surface area (Å²) in [5, 5.41) is 13.8. The van der Waals surface area contributed by atoms with E-state index in [1.807, 2.05) is 16.8 Å². The van der Waals surface area contributed by atoms with Gasteiger partial charge in [0.1, 0.15) is 0 Å². The fourth-order valence-corrected chi connectivity index (χ4v) is 3.03. The molecule has 1 unspecified atom stereocenters. The van der Waals surface area contributed by atoms with E-state index >= 15 is 0 Å². The molecule has 0 aliphatic carbocycles. The van der Waals surface area contributed by atoms with Crippen molar-refractivity contribution in [2.24, 2.45) is 0 Å². The van der Waals surface area contributed by atoms with E-state index in [4.69, 9.17) is 0 Å². The van der Waals surface area contributed by atoms with E-state index in [0.717, 1.165) is 16.0 Å². The molecule has 5 heteroatoms. The lowest BCUT2D eigenvalue weighted by Crippen LogP contribution is -2.44. The Morgan fingerprint density at radius 2 is 2.05 bits per heavy atom. The van der Waals surface area contributed by atoms with Crippen molar-refractivity contribution in [3.63, 3.8) is 0 Å². The number of hydrogen-bond acceptors (Lipinski definition) is 4. The van der Waals surface area contributed by atoms with Gasteiger partial charge in [-0.2, -0.15) is 11.3 Å². The molecule has 20 heavy (non-hydrogen) atoms. The van der Waals surface area contributed by atoms with Gasteiger partial charge in [-0.3, -0.25) is 14.5 Å². The molecule has 3 rings (SSSR count). The van der Waals surface area contributed by atoms with Crippen molar-refractivity contribution in [3.05, 3.63) is 57.8 Å². The van der Waals surface area contributed by atoms with Crippen molar-refractivity contribution in [3.8, 4) is 0 Å². The number of carbonyl (C=O) groups excluding carboxylic acids is 2. The van der Waals surface area contributed by atoms with Gasteiger partial charge in [0, 0.05) is 5.56 Å². The van der Waals surface area contributed by atoms with Crippen LogP contribution in [0.3, 0.4) is 0 Å². The molecule has 0 radical (unpaired) electrons. The van der Waals surface area contributed by atoms with Crippen LogP contribution in [0.25, 0.3) is 0 Å². The first-order chi connectivity index (χ1) is 9.66. The van der Waals surface area contributed by atoms with Gasteiger partial charge in [-0.1, -0.05) is 18.2 Å². The third kappa shape index (κ3) is 2.26. The molecule has 1 N–H and O–H groups in total. The van der Waals surface area contributed by atoms with Gasteiger partial charge in [0.25, 0.3) is 5.91 Å². The fraction of sp³-hybridized carbons (Fsp3) is 0.200. The van der Waals surface area contributed by atoms with Crippen molar-refractivity contribution in [1.29, 1.82) is 0 Å². The van der Waals surface area contributed by atoms with Gasteiger partial charge >= 0.3 is 0 Å². The summed E-state index contributed by atoms with van der Waals surface area (Å²) < 4.78 is 0. The number of β-amino-alcohol motifs (C(OH)–C–C–N with tert-alkyl or cyclic N) is 1. The fourth-order valence-electron chi connectivity index (χ4n) is 2.33. The SMILES string of the molecule is O=C1Cc2ccccc2C(=O)N1CC(O)c1ccsc1. The molecule has 102 valence electrons. The zero-order valence-corrected chi connectivity index (χ0v) is 11.5. The van der Waals surface area contributed by atoms with Crippen molar-refractivity contribution in [2.45, 2.75) is 12.5 Å². The topological polar surface area (TPSA) is 57.6 Å². The van der Waals surface area contributed by atoms with Crippen molar-refractivity contribution in [2.75, 3.05) is 6.54 Å². The molecule has 0 saturated carbocycles. The highest BCUT2D eigenvalue weighted by atomic mass is 32.1. The molecule has 0 bridgehead atoms. The minimum Gasteiger partial charge on any atom is -0.387 e. The Hall–Kier alpha value is -1.98. The number of thiophene rings is 1. The summed E-state index contributed by atoms with van der Waals surface area (Å²) in [5.41, 5.74) is 2.03. The Kier molecular flexibility index (Phi) is 3.38. The van der Waals surface area contributed by atoms with Crippen LogP contribution in [0.4, 0.5) is 0 Å². The third-order valence-electron chi connectivity index (χ3n) is 3.42. The van der Waals surface area contributed by atoms with Crippen LogP contribution in [0.15, 0.2) is 41.1 Å². The second-order valence-corrected chi connectivity index (χ2v) is 5.50. The monoisotopic (exact) mass is 287 g/mol. The van der Waals surface area contributed by atoms with Crippen LogP contribution >= 0.6 is 11.3 Å². The summed E-state index contributed by atoms with van der Waals surface area (Å²) in [6.07, 6.45) is -0.627. The lowest BCUT2D eigenvalue weighted by Gasteiger charge is -2.28. The molecule has 2 aromatic rings. The molecule has 0 spiro atoms. The van der Waals surface area contributed by atoms with E-state index in [-0.39, 0.29) is 24.8 Å². The summed E-state index contributed by atoms with van der Waals surface area (Å²) in [7, 11) is 0. The quantitative estimate of drug-likeness (QED) is 0.879. The maximum Gasteiger partial charge on any atom is 0.260 e. The Balaban J connectivity index is 1.84. The first-order valence-corrected chi connectivity index (χ1v) is 7.24. The first kappa shape index (κ1) is 13.0. The molecular formula is C15H13NO3S. The minimum absolute atomic E-state index is 0.00271. The van der Waals surface area contributed by atoms with Gasteiger partial charge in [-0.15, -0.1) is 0 Å². The largest absolute Gasteiger partial charge is 0.387 e. The molecule has 0 saturated heterocycles. The van der Waals surface area contributed by atoms with E-state index < -0.39 is 6.10 Å². The standard InChI is InChI=1S/C15H13NO3S/c17-13(11-5-6-20-9-11)8-16-14(18)7-10-3-1-2-4-12(10)15(16)19/h1-6,9,13,17H,7-8H2. The molecule has 1 aromatic carbocycles. The zero-order chi connectivity index (χ0) is 14.1. The predicted octanol–water partition coefficient (Wildman–Crippen LogP) is 2.01. The summed E-state index contributed by atoms with van der Waals surface area (Å²) in [5.74, 6) is -0.589. The lowest BCUT2D eigenvalue weighted by molar-refractivity contribution is -0.129. The number of imide groups is 1. The summed E-state index contributed by atoms with van der Waals surface area (Å²) in [4.78, 5) is 25.5. The van der Waals surface area contributed by atoms with Crippen molar-refractivity contribution < 1.29 is 14.7 Å². The van der Waals surface area contributed by atoms with E-state index in [2.05, 4.69) is 0 Å². The molecule has 0 fully saturated rings. The van der Waals surface area contributed by atoms with Gasteiger partial charge in [0.05, 0.1) is 19.1 Å². The minimum atomic E-state index is -0.834. The molecule has 1 aliphatic rings. The number of amides is 2. The summed E-state index contributed by atoms with van der Waals surface area (Å²) >= 11 is 1.47. The van der Waals surface area contributed by atoms with Crippen LogP contribution in [0.2, 0.25) is 0 Å². The second-order valence-electron chi connectivity index (χ2n) is 4.72. The zero-order valence-electron chi connectivity index (χ0n) is 10.7. The number of fused-ring (bicyclic) bond motifs is 1. The maximum absolute atomic E-state index is 12.3. The Bertz CT molecular complexity index is 651. The van der Waals surface area contributed by atoms with Crippen molar-refractivity contribution in [1.82, 2.24) is 4.90 Å². The highest BCUT2D eigenvalue weighted by Gasteiger charge is 2.32. The second kappa shape index (κ2) is 5.19. The molecule has 4 nitrogen and oxygen atoms in total. The number of hydrogen-bond donors (Lipinski definition) is 1. The maximum atomic E-state index is 12.3. The van der Waals surface area contributed by atoms with Gasteiger partial charge in [-0.25, -0.2) is 0 Å². The number of benzene rings is 1. The highest BCUT2D eigenvalue weighted by molar-refractivity contribution is 7.07. The number of aliphatic hydroxyl groups is 1.